The van der Waals surface area contributed by atoms with Gasteiger partial charge in [0.1, 0.15) is 0 Å². The Morgan fingerprint density at radius 1 is 0.423 bits per heavy atom. The van der Waals surface area contributed by atoms with Gasteiger partial charge >= 0.3 is 0 Å². The first-order chi connectivity index (χ1) is 25.7. The fourth-order valence-corrected chi connectivity index (χ4v) is 7.60. The van der Waals surface area contributed by atoms with Gasteiger partial charge in [0.25, 0.3) is 0 Å². The summed E-state index contributed by atoms with van der Waals surface area (Å²) in [6.07, 6.45) is 0. The molecule has 3 aromatic heterocycles. The molecule has 3 heterocycles. The van der Waals surface area contributed by atoms with Crippen molar-refractivity contribution in [2.45, 2.75) is 0 Å². The predicted molar refractivity (Wildman–Crippen MR) is 213 cm³/mol. The van der Waals surface area contributed by atoms with Crippen LogP contribution < -0.4 is 0 Å². The number of rotatable bonds is 5. The van der Waals surface area contributed by atoms with Crippen LogP contribution in [0, 0.1) is 6.57 Å². The summed E-state index contributed by atoms with van der Waals surface area (Å²) in [6, 6.07) is 60.9. The lowest BCUT2D eigenvalue weighted by atomic mass is 10.1. The molecule has 10 rings (SSSR count). The zero-order chi connectivity index (χ0) is 34.6. The van der Waals surface area contributed by atoms with Crippen molar-refractivity contribution in [3.05, 3.63) is 187 Å². The molecule has 0 amide bonds. The van der Waals surface area contributed by atoms with Crippen molar-refractivity contribution in [2.75, 3.05) is 0 Å². The molecule has 0 unspecified atom stereocenters. The van der Waals surface area contributed by atoms with Gasteiger partial charge in [-0.25, -0.2) is 14.8 Å². The molecule has 7 aromatic carbocycles. The Balaban J connectivity index is 1.24. The smallest absolute Gasteiger partial charge is 0.187 e. The Morgan fingerprint density at radius 2 is 1.04 bits per heavy atom. The topological polar surface area (TPSA) is 40.0 Å². The minimum Gasteiger partial charge on any atom is -0.309 e. The fraction of sp³-hybridized carbons (Fsp3) is 0. The second-order valence-corrected chi connectivity index (χ2v) is 12.9. The molecule has 0 radical (unpaired) electrons. The summed E-state index contributed by atoms with van der Waals surface area (Å²) in [7, 11) is 0. The summed E-state index contributed by atoms with van der Waals surface area (Å²) >= 11 is 0. The number of aromatic nitrogens is 4. The summed E-state index contributed by atoms with van der Waals surface area (Å²) in [5, 5.41) is 4.75. The Bertz CT molecular complexity index is 2950. The van der Waals surface area contributed by atoms with Gasteiger partial charge < -0.3 is 9.13 Å². The summed E-state index contributed by atoms with van der Waals surface area (Å²) in [6.45, 7) is 7.48. The predicted octanol–water partition coefficient (Wildman–Crippen LogP) is 12.2. The Morgan fingerprint density at radius 3 is 1.77 bits per heavy atom. The van der Waals surface area contributed by atoms with Crippen LogP contribution in [0.2, 0.25) is 0 Å². The van der Waals surface area contributed by atoms with E-state index in [0.29, 0.717) is 11.5 Å². The lowest BCUT2D eigenvalue weighted by Crippen LogP contribution is -1.98. The van der Waals surface area contributed by atoms with E-state index in [4.69, 9.17) is 16.5 Å². The van der Waals surface area contributed by atoms with Crippen LogP contribution in [0.3, 0.4) is 0 Å². The van der Waals surface area contributed by atoms with E-state index >= 15 is 0 Å². The third kappa shape index (κ3) is 4.70. The highest BCUT2D eigenvalue weighted by molar-refractivity contribution is 6.26. The van der Waals surface area contributed by atoms with Gasteiger partial charge in [0.2, 0.25) is 0 Å². The molecule has 5 nitrogen and oxygen atoms in total. The van der Waals surface area contributed by atoms with Gasteiger partial charge in [-0.2, -0.15) is 0 Å². The molecule has 0 aliphatic rings. The van der Waals surface area contributed by atoms with E-state index in [9.17, 15) is 0 Å². The summed E-state index contributed by atoms with van der Waals surface area (Å²) in [4.78, 5) is 13.8. The Hall–Kier alpha value is -7.29. The Labute approximate surface area is 300 Å². The number of hydrogen-bond donors (Lipinski definition) is 0. The van der Waals surface area contributed by atoms with Crippen LogP contribution >= 0.6 is 0 Å². The number of benzene rings is 7. The van der Waals surface area contributed by atoms with Gasteiger partial charge in [-0.1, -0.05) is 127 Å². The molecular formula is C47H29N5. The van der Waals surface area contributed by atoms with Crippen LogP contribution in [0.25, 0.3) is 93.7 Å². The molecule has 52 heavy (non-hydrogen) atoms. The molecule has 242 valence electrons. The Kier molecular flexibility index (Phi) is 6.80. The largest absolute Gasteiger partial charge is 0.309 e. The molecule has 0 saturated heterocycles. The van der Waals surface area contributed by atoms with Crippen molar-refractivity contribution < 1.29 is 0 Å². The van der Waals surface area contributed by atoms with Gasteiger partial charge in [-0.3, -0.25) is 0 Å². The van der Waals surface area contributed by atoms with Crippen LogP contribution in [-0.2, 0) is 0 Å². The second-order valence-electron chi connectivity index (χ2n) is 12.9. The van der Waals surface area contributed by atoms with Crippen molar-refractivity contribution in [1.29, 1.82) is 0 Å². The van der Waals surface area contributed by atoms with Gasteiger partial charge in [0.05, 0.1) is 40.0 Å². The lowest BCUT2D eigenvalue weighted by molar-refractivity contribution is 1.16. The van der Waals surface area contributed by atoms with Crippen molar-refractivity contribution in [1.82, 2.24) is 19.1 Å². The fourth-order valence-electron chi connectivity index (χ4n) is 7.60. The summed E-state index contributed by atoms with van der Waals surface area (Å²) in [5.41, 5.74) is 12.0. The lowest BCUT2D eigenvalue weighted by Gasteiger charge is -2.13. The summed E-state index contributed by atoms with van der Waals surface area (Å²) in [5.74, 6) is 0.693. The minimum atomic E-state index is 0.627. The molecule has 0 N–H and O–H groups in total. The molecule has 10 aromatic rings. The van der Waals surface area contributed by atoms with Crippen molar-refractivity contribution in [3.8, 4) is 45.3 Å². The minimum absolute atomic E-state index is 0.627. The first-order valence-corrected chi connectivity index (χ1v) is 17.3. The monoisotopic (exact) mass is 663 g/mol. The van der Waals surface area contributed by atoms with Crippen LogP contribution in [0.5, 0.6) is 0 Å². The first kappa shape index (κ1) is 29.6. The van der Waals surface area contributed by atoms with Crippen molar-refractivity contribution in [2.24, 2.45) is 0 Å². The normalized spacial score (nSPS) is 11.4. The molecule has 0 spiro atoms. The third-order valence-electron chi connectivity index (χ3n) is 9.93. The summed E-state index contributed by atoms with van der Waals surface area (Å²) < 4.78 is 4.72. The SMILES string of the molecule is [C-]#[N+]c1ccc(-n2c3ccccc3c3c2ccc2c4ccccc4n(-c4cccc(-c5cc(-c6ccccc6)nc(-c6ccccc6)n5)c4)c23)cc1. The number of fused-ring (bicyclic) bond motifs is 7. The van der Waals surface area contributed by atoms with Gasteiger partial charge in [0, 0.05) is 49.6 Å². The zero-order valence-electron chi connectivity index (χ0n) is 28.0. The first-order valence-electron chi connectivity index (χ1n) is 17.3. The molecule has 0 fully saturated rings. The average Bonchev–Trinajstić information content (AvgIpc) is 3.74. The molecule has 5 heteroatoms. The van der Waals surface area contributed by atoms with Gasteiger partial charge in [-0.05, 0) is 48.5 Å². The molecule has 0 aliphatic heterocycles. The quantitative estimate of drug-likeness (QED) is 0.172. The maximum Gasteiger partial charge on any atom is 0.187 e. The molecular weight excluding hydrogens is 635 g/mol. The van der Waals surface area contributed by atoms with E-state index in [1.165, 1.54) is 21.5 Å². The van der Waals surface area contributed by atoms with E-state index in [1.807, 2.05) is 60.7 Å². The second kappa shape index (κ2) is 11.9. The highest BCUT2D eigenvalue weighted by atomic mass is 15.0. The maximum atomic E-state index is 7.48. The maximum absolute atomic E-state index is 7.48. The van der Waals surface area contributed by atoms with Crippen molar-refractivity contribution in [3.63, 3.8) is 0 Å². The van der Waals surface area contributed by atoms with Crippen LogP contribution in [0.15, 0.2) is 176 Å². The highest BCUT2D eigenvalue weighted by Crippen LogP contribution is 2.42. The molecule has 0 saturated carbocycles. The zero-order valence-corrected chi connectivity index (χ0v) is 28.0. The molecule has 0 atom stereocenters. The highest BCUT2D eigenvalue weighted by Gasteiger charge is 2.21. The number of hydrogen-bond acceptors (Lipinski definition) is 2. The van der Waals surface area contributed by atoms with E-state index < -0.39 is 0 Å². The molecule has 0 aliphatic carbocycles. The van der Waals surface area contributed by atoms with Crippen molar-refractivity contribution >= 4 is 49.3 Å². The van der Waals surface area contributed by atoms with Crippen LogP contribution in [0.1, 0.15) is 0 Å². The van der Waals surface area contributed by atoms with E-state index in [1.54, 1.807) is 0 Å². The van der Waals surface area contributed by atoms with E-state index in [-0.39, 0.29) is 0 Å². The van der Waals surface area contributed by atoms with Gasteiger partial charge in [-0.15, -0.1) is 0 Å². The van der Waals surface area contributed by atoms with E-state index in [2.05, 4.69) is 129 Å². The van der Waals surface area contributed by atoms with Crippen LogP contribution in [-0.4, -0.2) is 19.1 Å². The standard InChI is InChI=1S/C47H29N5/c1-48-34-23-25-35(26-24-34)51-43-22-11-9-20-39(43)45-44(51)28-27-38-37-19-8-10-21-42(37)52(46(38)45)36-18-12-17-33(29-36)41-30-40(31-13-4-2-5-14-31)49-47(50-41)32-15-6-3-7-16-32/h2-30H. The van der Waals surface area contributed by atoms with Crippen LogP contribution in [0.4, 0.5) is 5.69 Å². The molecule has 0 bridgehead atoms. The number of nitrogens with zero attached hydrogens (tertiary/aromatic N) is 5. The average molecular weight is 664 g/mol. The van der Waals surface area contributed by atoms with E-state index in [0.717, 1.165) is 61.5 Å². The third-order valence-corrected chi connectivity index (χ3v) is 9.93. The number of para-hydroxylation sites is 2. The van der Waals surface area contributed by atoms with Gasteiger partial charge in [0.15, 0.2) is 11.5 Å².